The highest BCUT2D eigenvalue weighted by atomic mass is 32.2. The summed E-state index contributed by atoms with van der Waals surface area (Å²) >= 11 is 1.49. The molecule has 0 atom stereocenters. The van der Waals surface area contributed by atoms with E-state index in [0.717, 1.165) is 24.3 Å². The molecule has 0 aliphatic heterocycles. The lowest BCUT2D eigenvalue weighted by atomic mass is 9.93. The highest BCUT2D eigenvalue weighted by Gasteiger charge is 2.27. The third kappa shape index (κ3) is 6.20. The number of carbonyl (C=O) groups excluding carboxylic acids is 1. The van der Waals surface area contributed by atoms with Crippen LogP contribution in [0, 0.1) is 0 Å². The van der Waals surface area contributed by atoms with Crippen LogP contribution in [0.4, 0.5) is 0 Å². The molecule has 22 heavy (non-hydrogen) atoms. The van der Waals surface area contributed by atoms with Crippen molar-refractivity contribution in [3.8, 4) is 0 Å². The van der Waals surface area contributed by atoms with E-state index in [4.69, 9.17) is 5.11 Å². The van der Waals surface area contributed by atoms with Crippen molar-refractivity contribution in [2.75, 3.05) is 12.3 Å². The zero-order valence-corrected chi connectivity index (χ0v) is 14.3. The number of aliphatic carboxylic acids is 1. The van der Waals surface area contributed by atoms with Gasteiger partial charge in [0.05, 0.1) is 12.0 Å². The molecule has 122 valence electrons. The van der Waals surface area contributed by atoms with Crippen LogP contribution in [0.15, 0.2) is 29.2 Å². The summed E-state index contributed by atoms with van der Waals surface area (Å²) in [6.45, 7) is 6.76. The fourth-order valence-electron chi connectivity index (χ4n) is 1.98. The fourth-order valence-corrected chi connectivity index (χ4v) is 2.82. The Balaban J connectivity index is 2.61. The lowest BCUT2D eigenvalue weighted by molar-refractivity contribution is -0.136. The average molecular weight is 323 g/mol. The topological polar surface area (TPSA) is 66.4 Å². The zero-order valence-electron chi connectivity index (χ0n) is 13.5. The minimum Gasteiger partial charge on any atom is -0.481 e. The van der Waals surface area contributed by atoms with Crippen LogP contribution >= 0.6 is 11.8 Å². The lowest BCUT2D eigenvalue weighted by Crippen LogP contribution is -2.47. The molecule has 0 spiro atoms. The maximum absolute atomic E-state index is 12.5. The highest BCUT2D eigenvalue weighted by Crippen LogP contribution is 2.21. The van der Waals surface area contributed by atoms with Gasteiger partial charge >= 0.3 is 5.97 Å². The minimum atomic E-state index is -0.792. The Morgan fingerprint density at radius 2 is 1.86 bits per heavy atom. The number of rotatable bonds is 10. The van der Waals surface area contributed by atoms with E-state index < -0.39 is 11.5 Å². The van der Waals surface area contributed by atoms with Crippen LogP contribution in [0.2, 0.25) is 0 Å². The molecule has 0 aliphatic carbocycles. The van der Waals surface area contributed by atoms with Crippen molar-refractivity contribution in [2.45, 2.75) is 50.5 Å². The Bertz CT molecular complexity index is 497. The summed E-state index contributed by atoms with van der Waals surface area (Å²) < 4.78 is 0. The summed E-state index contributed by atoms with van der Waals surface area (Å²) in [6.07, 6.45) is 2.29. The highest BCUT2D eigenvalue weighted by molar-refractivity contribution is 7.99. The maximum atomic E-state index is 12.5. The summed E-state index contributed by atoms with van der Waals surface area (Å²) in [5.74, 6) is -0.183. The summed E-state index contributed by atoms with van der Waals surface area (Å²) in [5.41, 5.74) is 0.101. The quantitative estimate of drug-likeness (QED) is 0.391. The summed E-state index contributed by atoms with van der Waals surface area (Å²) in [6, 6.07) is 7.38. The van der Waals surface area contributed by atoms with Crippen molar-refractivity contribution < 1.29 is 14.7 Å². The van der Waals surface area contributed by atoms with E-state index in [0.29, 0.717) is 11.3 Å². The van der Waals surface area contributed by atoms with Gasteiger partial charge in [-0.1, -0.05) is 25.5 Å². The van der Waals surface area contributed by atoms with Crippen molar-refractivity contribution in [1.29, 1.82) is 0 Å². The Kier molecular flexibility index (Phi) is 7.62. The molecule has 0 bridgehead atoms. The number of unbranched alkanes of at least 4 members (excludes halogenated alkanes) is 1. The minimum absolute atomic E-state index is 0.0747. The van der Waals surface area contributed by atoms with E-state index in [9.17, 15) is 9.59 Å². The first kappa shape index (κ1) is 18.7. The summed E-state index contributed by atoms with van der Waals surface area (Å²) in [7, 11) is 0. The van der Waals surface area contributed by atoms with Gasteiger partial charge in [-0.25, -0.2) is 0 Å². The molecule has 5 heteroatoms. The predicted molar refractivity (Wildman–Crippen MR) is 90.7 cm³/mol. The molecule has 0 aromatic heterocycles. The van der Waals surface area contributed by atoms with E-state index in [1.165, 1.54) is 11.8 Å². The van der Waals surface area contributed by atoms with Crippen molar-refractivity contribution in [3.05, 3.63) is 29.8 Å². The molecule has 1 aromatic carbocycles. The monoisotopic (exact) mass is 323 g/mol. The molecule has 0 unspecified atom stereocenters. The van der Waals surface area contributed by atoms with Gasteiger partial charge in [0.15, 0.2) is 5.78 Å². The molecular weight excluding hydrogens is 298 g/mol. The molecule has 1 aromatic rings. The first-order valence-electron chi connectivity index (χ1n) is 7.61. The maximum Gasteiger partial charge on any atom is 0.304 e. The van der Waals surface area contributed by atoms with E-state index in [2.05, 4.69) is 12.2 Å². The molecular formula is C17H25NO3S. The first-order valence-corrected chi connectivity index (χ1v) is 8.60. The van der Waals surface area contributed by atoms with Gasteiger partial charge in [-0.2, -0.15) is 0 Å². The van der Waals surface area contributed by atoms with Crippen molar-refractivity contribution in [3.63, 3.8) is 0 Å². The average Bonchev–Trinajstić information content (AvgIpc) is 2.47. The third-order valence-electron chi connectivity index (χ3n) is 3.37. The number of carbonyl (C=O) groups is 2. The molecule has 1 rings (SSSR count). The Morgan fingerprint density at radius 3 is 2.41 bits per heavy atom. The second-order valence-corrected chi connectivity index (χ2v) is 6.92. The molecule has 0 saturated heterocycles. The standard InChI is InChI=1S/C17H25NO3S/c1-4-5-11-18-17(2,3)16(21)13-6-8-14(9-7-13)22-12-10-15(19)20/h6-9,18H,4-5,10-12H2,1-3H3,(H,19,20). The fraction of sp³-hybridized carbons (Fsp3) is 0.529. The van der Waals surface area contributed by atoms with Crippen LogP contribution in [-0.2, 0) is 4.79 Å². The Morgan fingerprint density at radius 1 is 1.23 bits per heavy atom. The van der Waals surface area contributed by atoms with E-state index in [-0.39, 0.29) is 12.2 Å². The molecule has 0 saturated carbocycles. The molecule has 0 heterocycles. The summed E-state index contributed by atoms with van der Waals surface area (Å²) in [4.78, 5) is 24.0. The third-order valence-corrected chi connectivity index (χ3v) is 4.38. The number of ketones is 1. The number of thioether (sulfide) groups is 1. The summed E-state index contributed by atoms with van der Waals surface area (Å²) in [5, 5.41) is 11.9. The number of benzene rings is 1. The van der Waals surface area contributed by atoms with Crippen LogP contribution in [0.3, 0.4) is 0 Å². The Labute approximate surface area is 136 Å². The molecule has 4 nitrogen and oxygen atoms in total. The molecule has 0 fully saturated rings. The Hall–Kier alpha value is -1.33. The van der Waals surface area contributed by atoms with E-state index >= 15 is 0 Å². The normalized spacial score (nSPS) is 11.4. The lowest BCUT2D eigenvalue weighted by Gasteiger charge is -2.25. The molecule has 0 radical (unpaired) electrons. The van der Waals surface area contributed by atoms with Gasteiger partial charge in [0.25, 0.3) is 0 Å². The molecule has 0 aliphatic rings. The second-order valence-electron chi connectivity index (χ2n) is 5.75. The predicted octanol–water partition coefficient (Wildman–Crippen LogP) is 3.60. The number of hydrogen-bond acceptors (Lipinski definition) is 4. The molecule has 2 N–H and O–H groups in total. The van der Waals surface area contributed by atoms with E-state index in [1.54, 1.807) is 0 Å². The number of hydrogen-bond donors (Lipinski definition) is 2. The SMILES string of the molecule is CCCCNC(C)(C)C(=O)c1ccc(SCCC(=O)O)cc1. The van der Waals surface area contributed by atoms with Gasteiger partial charge in [0, 0.05) is 16.2 Å². The van der Waals surface area contributed by atoms with Crippen molar-refractivity contribution in [2.24, 2.45) is 0 Å². The van der Waals surface area contributed by atoms with Crippen molar-refractivity contribution in [1.82, 2.24) is 5.32 Å². The largest absolute Gasteiger partial charge is 0.481 e. The van der Waals surface area contributed by atoms with Crippen LogP contribution in [0.5, 0.6) is 0 Å². The van der Waals surface area contributed by atoms with Gasteiger partial charge in [0.1, 0.15) is 0 Å². The molecule has 0 amide bonds. The second kappa shape index (κ2) is 8.96. The first-order chi connectivity index (χ1) is 10.4. The number of carboxylic acid groups (broad SMARTS) is 1. The van der Waals surface area contributed by atoms with Crippen LogP contribution in [0.25, 0.3) is 0 Å². The number of carboxylic acids is 1. The number of nitrogens with one attached hydrogen (secondary N) is 1. The van der Waals surface area contributed by atoms with Crippen LogP contribution in [-0.4, -0.2) is 34.7 Å². The van der Waals surface area contributed by atoms with Gasteiger partial charge in [0.2, 0.25) is 0 Å². The van der Waals surface area contributed by atoms with E-state index in [1.807, 2.05) is 38.1 Å². The van der Waals surface area contributed by atoms with Crippen molar-refractivity contribution >= 4 is 23.5 Å². The zero-order chi connectivity index (χ0) is 16.6. The van der Waals surface area contributed by atoms with Gasteiger partial charge in [-0.3, -0.25) is 9.59 Å². The number of Topliss-reactive ketones (excluding diaryl/α,β-unsaturated/α-hetero) is 1. The van der Waals surface area contributed by atoms with Gasteiger partial charge in [-0.05, 0) is 38.9 Å². The van der Waals surface area contributed by atoms with Gasteiger partial charge in [-0.15, -0.1) is 11.8 Å². The smallest absolute Gasteiger partial charge is 0.304 e. The van der Waals surface area contributed by atoms with Crippen LogP contribution < -0.4 is 5.32 Å². The van der Waals surface area contributed by atoms with Crippen LogP contribution in [0.1, 0.15) is 50.4 Å². The van der Waals surface area contributed by atoms with Gasteiger partial charge < -0.3 is 10.4 Å².